The van der Waals surface area contributed by atoms with E-state index in [1.165, 1.54) is 0 Å². The van der Waals surface area contributed by atoms with E-state index < -0.39 is 0 Å². The van der Waals surface area contributed by atoms with Gasteiger partial charge in [0.1, 0.15) is 5.75 Å². The van der Waals surface area contributed by atoms with Crippen LogP contribution in [-0.4, -0.2) is 59.4 Å². The number of aromatic nitrogens is 1. The Hall–Kier alpha value is -2.89. The highest BCUT2D eigenvalue weighted by Gasteiger charge is 2.25. The average molecular weight is 339 g/mol. The molecule has 1 aromatic carbocycles. The highest BCUT2D eigenvalue weighted by Crippen LogP contribution is 2.15. The maximum Gasteiger partial charge on any atom is 0.254 e. The summed E-state index contributed by atoms with van der Waals surface area (Å²) in [6.07, 6.45) is 3.22. The maximum absolute atomic E-state index is 12.6. The van der Waals surface area contributed by atoms with Crippen LogP contribution in [-0.2, 0) is 0 Å². The molecule has 0 N–H and O–H groups in total. The number of pyridine rings is 1. The van der Waals surface area contributed by atoms with Gasteiger partial charge in [-0.1, -0.05) is 0 Å². The molecule has 2 aromatic rings. The molecule has 1 aliphatic heterocycles. The van der Waals surface area contributed by atoms with E-state index in [2.05, 4.69) is 4.98 Å². The summed E-state index contributed by atoms with van der Waals surface area (Å²) in [7, 11) is 0. The predicted octanol–water partition coefficient (Wildman–Crippen LogP) is 2.08. The van der Waals surface area contributed by atoms with E-state index in [-0.39, 0.29) is 11.8 Å². The first-order valence-corrected chi connectivity index (χ1v) is 8.40. The van der Waals surface area contributed by atoms with Crippen molar-refractivity contribution in [2.24, 2.45) is 0 Å². The lowest BCUT2D eigenvalue weighted by Gasteiger charge is -2.34. The quantitative estimate of drug-likeness (QED) is 0.856. The largest absolute Gasteiger partial charge is 0.494 e. The van der Waals surface area contributed by atoms with E-state index >= 15 is 0 Å². The lowest BCUT2D eigenvalue weighted by Crippen LogP contribution is -2.50. The topological polar surface area (TPSA) is 62.7 Å². The van der Waals surface area contributed by atoms with Gasteiger partial charge in [0, 0.05) is 49.7 Å². The van der Waals surface area contributed by atoms with E-state index in [1.807, 2.05) is 6.92 Å². The first-order valence-electron chi connectivity index (χ1n) is 8.40. The van der Waals surface area contributed by atoms with Crippen LogP contribution in [0, 0.1) is 0 Å². The van der Waals surface area contributed by atoms with Gasteiger partial charge >= 0.3 is 0 Å². The van der Waals surface area contributed by atoms with Crippen LogP contribution in [0.1, 0.15) is 27.6 Å². The van der Waals surface area contributed by atoms with Gasteiger partial charge in [0.05, 0.1) is 6.61 Å². The van der Waals surface area contributed by atoms with Crippen molar-refractivity contribution in [3.8, 4) is 5.75 Å². The molecule has 1 fully saturated rings. The third-order valence-electron chi connectivity index (χ3n) is 4.19. The van der Waals surface area contributed by atoms with Crippen molar-refractivity contribution in [1.29, 1.82) is 0 Å². The molecule has 0 spiro atoms. The number of rotatable bonds is 4. The highest BCUT2D eigenvalue weighted by atomic mass is 16.5. The molecule has 1 aromatic heterocycles. The fraction of sp³-hybridized carbons (Fsp3) is 0.316. The molecule has 0 saturated carbocycles. The summed E-state index contributed by atoms with van der Waals surface area (Å²) in [6, 6.07) is 10.6. The van der Waals surface area contributed by atoms with E-state index in [0.29, 0.717) is 43.9 Å². The van der Waals surface area contributed by atoms with Crippen molar-refractivity contribution in [2.45, 2.75) is 6.92 Å². The number of ether oxygens (including phenoxy) is 1. The monoisotopic (exact) mass is 339 g/mol. The number of hydrogen-bond acceptors (Lipinski definition) is 4. The van der Waals surface area contributed by atoms with E-state index in [9.17, 15) is 9.59 Å². The van der Waals surface area contributed by atoms with Crippen LogP contribution < -0.4 is 4.74 Å². The van der Waals surface area contributed by atoms with E-state index in [0.717, 1.165) is 5.75 Å². The predicted molar refractivity (Wildman–Crippen MR) is 93.7 cm³/mol. The zero-order valence-electron chi connectivity index (χ0n) is 14.2. The van der Waals surface area contributed by atoms with Crippen LogP contribution in [0.15, 0.2) is 48.8 Å². The number of amides is 2. The number of carbonyl (C=O) groups excluding carboxylic acids is 2. The molecule has 0 bridgehead atoms. The summed E-state index contributed by atoms with van der Waals surface area (Å²) >= 11 is 0. The maximum atomic E-state index is 12.6. The van der Waals surface area contributed by atoms with Crippen molar-refractivity contribution in [3.63, 3.8) is 0 Å². The first-order chi connectivity index (χ1) is 12.2. The molecule has 6 heteroatoms. The van der Waals surface area contributed by atoms with E-state index in [1.54, 1.807) is 58.6 Å². The number of nitrogens with zero attached hydrogens (tertiary/aromatic N) is 3. The summed E-state index contributed by atoms with van der Waals surface area (Å²) in [5.74, 6) is 0.724. The minimum absolute atomic E-state index is 0.0148. The Morgan fingerprint density at radius 1 is 0.880 bits per heavy atom. The summed E-state index contributed by atoms with van der Waals surface area (Å²) in [4.78, 5) is 32.5. The smallest absolute Gasteiger partial charge is 0.254 e. The normalized spacial score (nSPS) is 14.3. The van der Waals surface area contributed by atoms with E-state index in [4.69, 9.17) is 4.74 Å². The molecule has 130 valence electrons. The number of piperazine rings is 1. The lowest BCUT2D eigenvalue weighted by atomic mass is 10.1. The van der Waals surface area contributed by atoms with Gasteiger partial charge in [-0.15, -0.1) is 0 Å². The molecule has 0 unspecified atom stereocenters. The second-order valence-electron chi connectivity index (χ2n) is 5.78. The average Bonchev–Trinajstić information content (AvgIpc) is 2.68. The summed E-state index contributed by atoms with van der Waals surface area (Å²) < 4.78 is 5.40. The van der Waals surface area contributed by atoms with Gasteiger partial charge in [-0.05, 0) is 43.3 Å². The van der Waals surface area contributed by atoms with Gasteiger partial charge in [-0.25, -0.2) is 0 Å². The van der Waals surface area contributed by atoms with Crippen LogP contribution in [0.3, 0.4) is 0 Å². The number of hydrogen-bond donors (Lipinski definition) is 0. The standard InChI is InChI=1S/C19H21N3O3/c1-2-25-17-5-3-15(4-6-17)18(23)21-11-13-22(14-12-21)19(24)16-7-9-20-10-8-16/h3-10H,2,11-14H2,1H3. The zero-order chi connectivity index (χ0) is 17.6. The summed E-state index contributed by atoms with van der Waals surface area (Å²) in [6.45, 7) is 4.64. The molecule has 0 aliphatic carbocycles. The Kier molecular flexibility index (Phi) is 5.28. The second kappa shape index (κ2) is 7.79. The number of carbonyl (C=O) groups is 2. The molecule has 1 saturated heterocycles. The Morgan fingerprint density at radius 3 is 1.84 bits per heavy atom. The van der Waals surface area contributed by atoms with Crippen LogP contribution in [0.25, 0.3) is 0 Å². The second-order valence-corrected chi connectivity index (χ2v) is 5.78. The van der Waals surface area contributed by atoms with Gasteiger partial charge < -0.3 is 14.5 Å². The molecule has 6 nitrogen and oxygen atoms in total. The van der Waals surface area contributed by atoms with Crippen molar-refractivity contribution in [3.05, 3.63) is 59.9 Å². The first kappa shape index (κ1) is 17.0. The van der Waals surface area contributed by atoms with Crippen LogP contribution >= 0.6 is 0 Å². The highest BCUT2D eigenvalue weighted by molar-refractivity contribution is 5.96. The van der Waals surface area contributed by atoms with Gasteiger partial charge in [-0.2, -0.15) is 0 Å². The minimum Gasteiger partial charge on any atom is -0.494 e. The zero-order valence-corrected chi connectivity index (χ0v) is 14.2. The van der Waals surface area contributed by atoms with Crippen LogP contribution in [0.2, 0.25) is 0 Å². The third kappa shape index (κ3) is 3.96. The van der Waals surface area contributed by atoms with Gasteiger partial charge in [0.25, 0.3) is 11.8 Å². The molecular weight excluding hydrogens is 318 g/mol. The Morgan fingerprint density at radius 2 is 1.36 bits per heavy atom. The van der Waals surface area contributed by atoms with Gasteiger partial charge in [0.15, 0.2) is 0 Å². The summed E-state index contributed by atoms with van der Waals surface area (Å²) in [5, 5.41) is 0. The SMILES string of the molecule is CCOc1ccc(C(=O)N2CCN(C(=O)c3ccncc3)CC2)cc1. The molecule has 3 rings (SSSR count). The molecule has 25 heavy (non-hydrogen) atoms. The lowest BCUT2D eigenvalue weighted by molar-refractivity contribution is 0.0535. The molecular formula is C19H21N3O3. The summed E-state index contributed by atoms with van der Waals surface area (Å²) in [5.41, 5.74) is 1.26. The Balaban J connectivity index is 1.58. The van der Waals surface area contributed by atoms with Gasteiger partial charge in [-0.3, -0.25) is 14.6 Å². The molecule has 2 heterocycles. The Labute approximate surface area is 147 Å². The molecule has 0 radical (unpaired) electrons. The van der Waals surface area contributed by atoms with Crippen molar-refractivity contribution in [2.75, 3.05) is 32.8 Å². The van der Waals surface area contributed by atoms with Gasteiger partial charge in [0.2, 0.25) is 0 Å². The molecule has 2 amide bonds. The minimum atomic E-state index is -0.0180. The third-order valence-corrected chi connectivity index (χ3v) is 4.19. The number of benzene rings is 1. The van der Waals surface area contributed by atoms with Crippen molar-refractivity contribution >= 4 is 11.8 Å². The fourth-order valence-electron chi connectivity index (χ4n) is 2.83. The Bertz CT molecular complexity index is 723. The van der Waals surface area contributed by atoms with Crippen molar-refractivity contribution < 1.29 is 14.3 Å². The molecule has 0 atom stereocenters. The fourth-order valence-corrected chi connectivity index (χ4v) is 2.83. The molecule has 1 aliphatic rings. The van der Waals surface area contributed by atoms with Crippen LogP contribution in [0.4, 0.5) is 0 Å². The van der Waals surface area contributed by atoms with Crippen LogP contribution in [0.5, 0.6) is 5.75 Å². The van der Waals surface area contributed by atoms with Crippen molar-refractivity contribution in [1.82, 2.24) is 14.8 Å².